The third-order valence-electron chi connectivity index (χ3n) is 4.91. The number of nitrogens with one attached hydrogen (secondary N) is 1. The molecule has 1 N–H and O–H groups in total. The second kappa shape index (κ2) is 9.75. The lowest BCUT2D eigenvalue weighted by molar-refractivity contribution is -0.133. The lowest BCUT2D eigenvalue weighted by Gasteiger charge is -2.26. The standard InChI is InChI=1S/C24H23FN2O3S/c1-14(2)21(28)20(23(30)27-24-26-15(3)13-31-24)19(16-7-5-4-6-8-16)22(29)17-9-11-18(25)12-10-17/h4-14,19-20H,1-3H3,(H,26,27,30). The van der Waals surface area contributed by atoms with Crippen LogP contribution in [0.15, 0.2) is 60.0 Å². The fraction of sp³-hybridized carbons (Fsp3) is 0.250. The molecule has 0 aliphatic rings. The lowest BCUT2D eigenvalue weighted by atomic mass is 9.75. The topological polar surface area (TPSA) is 76.1 Å². The van der Waals surface area contributed by atoms with Crippen LogP contribution in [0.3, 0.4) is 0 Å². The van der Waals surface area contributed by atoms with Crippen molar-refractivity contribution in [3.05, 3.63) is 82.6 Å². The van der Waals surface area contributed by atoms with Crippen molar-refractivity contribution >= 4 is 33.9 Å². The number of anilines is 1. The number of carbonyl (C=O) groups is 3. The van der Waals surface area contributed by atoms with E-state index in [2.05, 4.69) is 10.3 Å². The maximum atomic E-state index is 13.5. The van der Waals surface area contributed by atoms with E-state index < -0.39 is 35.3 Å². The molecule has 0 saturated carbocycles. The minimum atomic E-state index is -1.26. The van der Waals surface area contributed by atoms with Crippen molar-refractivity contribution in [2.24, 2.45) is 11.8 Å². The summed E-state index contributed by atoms with van der Waals surface area (Å²) < 4.78 is 13.4. The maximum absolute atomic E-state index is 13.5. The first-order chi connectivity index (χ1) is 14.8. The van der Waals surface area contributed by atoms with E-state index in [1.165, 1.54) is 35.6 Å². The minimum Gasteiger partial charge on any atom is -0.301 e. The van der Waals surface area contributed by atoms with Crippen molar-refractivity contribution in [3.8, 4) is 0 Å². The number of aromatic nitrogens is 1. The number of Topliss-reactive ketones (excluding diaryl/α,β-unsaturated/α-hetero) is 2. The van der Waals surface area contributed by atoms with Crippen LogP contribution in [-0.4, -0.2) is 22.5 Å². The van der Waals surface area contributed by atoms with Gasteiger partial charge in [-0.2, -0.15) is 0 Å². The summed E-state index contributed by atoms with van der Waals surface area (Å²) in [6, 6.07) is 13.8. The summed E-state index contributed by atoms with van der Waals surface area (Å²) in [4.78, 5) is 44.2. The highest BCUT2D eigenvalue weighted by atomic mass is 32.1. The lowest BCUT2D eigenvalue weighted by Crippen LogP contribution is -2.40. The van der Waals surface area contributed by atoms with Gasteiger partial charge < -0.3 is 5.32 Å². The largest absolute Gasteiger partial charge is 0.301 e. The molecule has 0 fully saturated rings. The van der Waals surface area contributed by atoms with E-state index in [1.54, 1.807) is 56.5 Å². The van der Waals surface area contributed by atoms with Gasteiger partial charge in [-0.05, 0) is 36.8 Å². The summed E-state index contributed by atoms with van der Waals surface area (Å²) in [6.45, 7) is 5.19. The van der Waals surface area contributed by atoms with Crippen LogP contribution in [-0.2, 0) is 9.59 Å². The Morgan fingerprint density at radius 1 is 1.00 bits per heavy atom. The normalized spacial score (nSPS) is 12.9. The van der Waals surface area contributed by atoms with Gasteiger partial charge in [0.1, 0.15) is 17.5 Å². The van der Waals surface area contributed by atoms with E-state index in [-0.39, 0.29) is 11.3 Å². The first-order valence-corrected chi connectivity index (χ1v) is 10.8. The van der Waals surface area contributed by atoms with Gasteiger partial charge in [-0.25, -0.2) is 9.37 Å². The number of amides is 1. The van der Waals surface area contributed by atoms with Crippen LogP contribution in [0.2, 0.25) is 0 Å². The number of rotatable bonds is 8. The molecule has 0 aliphatic heterocycles. The molecule has 0 radical (unpaired) electrons. The second-order valence-corrected chi connectivity index (χ2v) is 8.44. The van der Waals surface area contributed by atoms with Crippen LogP contribution in [0.1, 0.15) is 41.4 Å². The quantitative estimate of drug-likeness (QED) is 0.395. The molecule has 31 heavy (non-hydrogen) atoms. The van der Waals surface area contributed by atoms with Crippen LogP contribution in [0.4, 0.5) is 9.52 Å². The molecule has 5 nitrogen and oxygen atoms in total. The zero-order chi connectivity index (χ0) is 22.5. The first kappa shape index (κ1) is 22.5. The number of aryl methyl sites for hydroxylation is 1. The van der Waals surface area contributed by atoms with E-state index in [0.717, 1.165) is 5.69 Å². The fourth-order valence-corrected chi connectivity index (χ4v) is 4.04. The number of benzene rings is 2. The summed E-state index contributed by atoms with van der Waals surface area (Å²) in [7, 11) is 0. The highest BCUT2D eigenvalue weighted by Crippen LogP contribution is 2.33. The molecule has 2 unspecified atom stereocenters. The van der Waals surface area contributed by atoms with Crippen LogP contribution < -0.4 is 5.32 Å². The summed E-state index contributed by atoms with van der Waals surface area (Å²) >= 11 is 1.25. The zero-order valence-electron chi connectivity index (χ0n) is 17.5. The molecule has 1 aromatic heterocycles. The Morgan fingerprint density at radius 3 is 2.19 bits per heavy atom. The van der Waals surface area contributed by atoms with Gasteiger partial charge >= 0.3 is 0 Å². The molecule has 3 rings (SSSR count). The van der Waals surface area contributed by atoms with Gasteiger partial charge in [-0.1, -0.05) is 44.2 Å². The van der Waals surface area contributed by atoms with Crippen molar-refractivity contribution < 1.29 is 18.8 Å². The average molecular weight is 439 g/mol. The Bertz CT molecular complexity index is 1080. The second-order valence-electron chi connectivity index (χ2n) is 7.58. The molecule has 0 bridgehead atoms. The van der Waals surface area contributed by atoms with Gasteiger partial charge in [0.15, 0.2) is 10.9 Å². The molecular formula is C24H23FN2O3S. The molecular weight excluding hydrogens is 415 g/mol. The molecule has 1 heterocycles. The predicted octanol–water partition coefficient (Wildman–Crippen LogP) is 5.04. The van der Waals surface area contributed by atoms with Gasteiger partial charge in [0.25, 0.3) is 0 Å². The first-order valence-electron chi connectivity index (χ1n) is 9.89. The number of carbonyl (C=O) groups excluding carboxylic acids is 3. The van der Waals surface area contributed by atoms with Crippen molar-refractivity contribution in [2.45, 2.75) is 26.7 Å². The Labute approximate surface area is 184 Å². The monoisotopic (exact) mass is 438 g/mol. The van der Waals surface area contributed by atoms with Crippen molar-refractivity contribution in [1.82, 2.24) is 4.98 Å². The zero-order valence-corrected chi connectivity index (χ0v) is 18.3. The van der Waals surface area contributed by atoms with Crippen molar-refractivity contribution in [3.63, 3.8) is 0 Å². The molecule has 7 heteroatoms. The van der Waals surface area contributed by atoms with E-state index in [9.17, 15) is 18.8 Å². The molecule has 1 amide bonds. The van der Waals surface area contributed by atoms with E-state index in [4.69, 9.17) is 0 Å². The number of hydrogen-bond donors (Lipinski definition) is 1. The number of thiazole rings is 1. The summed E-state index contributed by atoms with van der Waals surface area (Å²) in [5.74, 6) is -4.62. The van der Waals surface area contributed by atoms with Gasteiger partial charge in [0.2, 0.25) is 5.91 Å². The van der Waals surface area contributed by atoms with Crippen molar-refractivity contribution in [1.29, 1.82) is 0 Å². The average Bonchev–Trinajstić information content (AvgIpc) is 3.16. The molecule has 2 aromatic carbocycles. The molecule has 160 valence electrons. The van der Waals surface area contributed by atoms with E-state index in [1.807, 2.05) is 0 Å². The smallest absolute Gasteiger partial charge is 0.237 e. The highest BCUT2D eigenvalue weighted by Gasteiger charge is 2.41. The van der Waals surface area contributed by atoms with E-state index >= 15 is 0 Å². The fourth-order valence-electron chi connectivity index (χ4n) is 3.35. The molecule has 0 spiro atoms. The van der Waals surface area contributed by atoms with Crippen LogP contribution in [0.5, 0.6) is 0 Å². The van der Waals surface area contributed by atoms with Gasteiger partial charge in [-0.15, -0.1) is 11.3 Å². The Morgan fingerprint density at radius 2 is 1.65 bits per heavy atom. The SMILES string of the molecule is Cc1csc(NC(=O)C(C(=O)C(C)C)C(C(=O)c2ccc(F)cc2)c2ccccc2)n1. The van der Waals surface area contributed by atoms with E-state index in [0.29, 0.717) is 10.7 Å². The molecule has 0 aliphatic carbocycles. The molecule has 2 atom stereocenters. The number of nitrogens with zero attached hydrogens (tertiary/aromatic N) is 1. The summed E-state index contributed by atoms with van der Waals surface area (Å²) in [5.41, 5.74) is 1.52. The maximum Gasteiger partial charge on any atom is 0.237 e. The van der Waals surface area contributed by atoms with Gasteiger partial charge in [0, 0.05) is 16.9 Å². The van der Waals surface area contributed by atoms with Gasteiger partial charge in [0.05, 0.1) is 11.6 Å². The molecule has 0 saturated heterocycles. The third kappa shape index (κ3) is 5.30. The minimum absolute atomic E-state index is 0.231. The summed E-state index contributed by atoms with van der Waals surface area (Å²) in [6.07, 6.45) is 0. The Hall–Kier alpha value is -3.19. The predicted molar refractivity (Wildman–Crippen MR) is 119 cm³/mol. The van der Waals surface area contributed by atoms with Crippen LogP contribution in [0, 0.1) is 24.6 Å². The number of hydrogen-bond acceptors (Lipinski definition) is 5. The van der Waals surface area contributed by atoms with Crippen molar-refractivity contribution in [2.75, 3.05) is 5.32 Å². The number of halogens is 1. The Kier molecular flexibility index (Phi) is 7.07. The molecule has 3 aromatic rings. The number of ketones is 2. The van der Waals surface area contributed by atoms with Crippen LogP contribution >= 0.6 is 11.3 Å². The third-order valence-corrected chi connectivity index (χ3v) is 5.79. The summed E-state index contributed by atoms with van der Waals surface area (Å²) in [5, 5.41) is 4.85. The Balaban J connectivity index is 2.08. The van der Waals surface area contributed by atoms with Crippen LogP contribution in [0.25, 0.3) is 0 Å². The highest BCUT2D eigenvalue weighted by molar-refractivity contribution is 7.13. The van der Waals surface area contributed by atoms with Gasteiger partial charge in [-0.3, -0.25) is 14.4 Å².